The number of hydrogen-bond acceptors (Lipinski definition) is 6. The SMILES string of the molecule is COc1ccc(S(=O)(=O)C2CCN(S(=O)(=O)CCOc3ccccc3)CC2)cc1. The predicted molar refractivity (Wildman–Crippen MR) is 110 cm³/mol. The van der Waals surface area contributed by atoms with E-state index < -0.39 is 25.1 Å². The summed E-state index contributed by atoms with van der Waals surface area (Å²) in [4.78, 5) is 0.232. The molecule has 1 saturated heterocycles. The van der Waals surface area contributed by atoms with Crippen molar-refractivity contribution in [2.75, 3.05) is 32.6 Å². The quantitative estimate of drug-likeness (QED) is 0.627. The van der Waals surface area contributed by atoms with Crippen LogP contribution in [0.5, 0.6) is 11.5 Å². The minimum atomic E-state index is -3.51. The first-order valence-corrected chi connectivity index (χ1v) is 12.5. The number of sulfonamides is 1. The van der Waals surface area contributed by atoms with Crippen LogP contribution >= 0.6 is 0 Å². The standard InChI is InChI=1S/C20H25NO6S2/c1-26-17-7-9-19(10-8-17)29(24,25)20-11-13-21(14-12-20)28(22,23)16-15-27-18-5-3-2-4-6-18/h2-10,20H,11-16H2,1H3. The fourth-order valence-corrected chi connectivity index (χ4v) is 6.34. The summed E-state index contributed by atoms with van der Waals surface area (Å²) in [6, 6.07) is 15.3. The van der Waals surface area contributed by atoms with Crippen LogP contribution in [0.3, 0.4) is 0 Å². The average Bonchev–Trinajstić information content (AvgIpc) is 2.74. The van der Waals surface area contributed by atoms with E-state index in [2.05, 4.69) is 0 Å². The van der Waals surface area contributed by atoms with Gasteiger partial charge in [0.25, 0.3) is 0 Å². The molecule has 9 heteroatoms. The first-order valence-electron chi connectivity index (χ1n) is 9.36. The van der Waals surface area contributed by atoms with Crippen molar-refractivity contribution in [2.45, 2.75) is 23.0 Å². The van der Waals surface area contributed by atoms with Crippen LogP contribution in [0.2, 0.25) is 0 Å². The van der Waals surface area contributed by atoms with Gasteiger partial charge in [-0.2, -0.15) is 0 Å². The summed E-state index contributed by atoms with van der Waals surface area (Å²) < 4.78 is 62.7. The Kier molecular flexibility index (Phi) is 6.81. The summed E-state index contributed by atoms with van der Waals surface area (Å²) in [6.45, 7) is 0.428. The van der Waals surface area contributed by atoms with Gasteiger partial charge in [-0.05, 0) is 49.2 Å². The Morgan fingerprint density at radius 1 is 0.897 bits per heavy atom. The van der Waals surface area contributed by atoms with E-state index in [9.17, 15) is 16.8 Å². The highest BCUT2D eigenvalue weighted by atomic mass is 32.2. The fourth-order valence-electron chi connectivity index (χ4n) is 3.29. The third-order valence-corrected chi connectivity index (χ3v) is 9.09. The molecule has 1 heterocycles. The van der Waals surface area contributed by atoms with Crippen molar-refractivity contribution in [1.82, 2.24) is 4.31 Å². The van der Waals surface area contributed by atoms with Gasteiger partial charge < -0.3 is 9.47 Å². The van der Waals surface area contributed by atoms with Crippen LogP contribution in [0, 0.1) is 0 Å². The molecule has 0 amide bonds. The highest BCUT2D eigenvalue weighted by Gasteiger charge is 2.35. The molecule has 0 unspecified atom stereocenters. The second-order valence-electron chi connectivity index (χ2n) is 6.80. The molecule has 2 aromatic carbocycles. The molecule has 0 atom stereocenters. The number of sulfone groups is 1. The number of methoxy groups -OCH3 is 1. The fraction of sp³-hybridized carbons (Fsp3) is 0.400. The van der Waals surface area contributed by atoms with Crippen molar-refractivity contribution >= 4 is 19.9 Å². The second-order valence-corrected chi connectivity index (χ2v) is 11.1. The van der Waals surface area contributed by atoms with Crippen LogP contribution in [0.4, 0.5) is 0 Å². The van der Waals surface area contributed by atoms with E-state index in [1.165, 1.54) is 23.5 Å². The zero-order valence-electron chi connectivity index (χ0n) is 16.2. The summed E-state index contributed by atoms with van der Waals surface area (Å²) in [5.41, 5.74) is 0. The third kappa shape index (κ3) is 5.29. The van der Waals surface area contributed by atoms with E-state index in [0.717, 1.165) is 0 Å². The van der Waals surface area contributed by atoms with Gasteiger partial charge in [-0.15, -0.1) is 0 Å². The minimum absolute atomic E-state index is 0.0520. The Morgan fingerprint density at radius 2 is 1.52 bits per heavy atom. The van der Waals surface area contributed by atoms with Crippen LogP contribution < -0.4 is 9.47 Å². The number of ether oxygens (including phenoxy) is 2. The van der Waals surface area contributed by atoms with Crippen molar-refractivity contribution < 1.29 is 26.3 Å². The molecule has 0 N–H and O–H groups in total. The van der Waals surface area contributed by atoms with Crippen molar-refractivity contribution in [3.05, 3.63) is 54.6 Å². The van der Waals surface area contributed by atoms with Crippen LogP contribution in [-0.2, 0) is 19.9 Å². The van der Waals surface area contributed by atoms with Crippen LogP contribution in [0.25, 0.3) is 0 Å². The Hall–Kier alpha value is -2.10. The first kappa shape index (κ1) is 21.6. The van der Waals surface area contributed by atoms with Gasteiger partial charge in [0.1, 0.15) is 18.1 Å². The lowest BCUT2D eigenvalue weighted by atomic mass is 10.2. The van der Waals surface area contributed by atoms with E-state index in [1.54, 1.807) is 24.3 Å². The molecular weight excluding hydrogens is 414 g/mol. The molecule has 158 valence electrons. The summed E-state index contributed by atoms with van der Waals surface area (Å²) in [7, 11) is -5.49. The molecule has 0 bridgehead atoms. The number of benzene rings is 2. The maximum absolute atomic E-state index is 12.8. The van der Waals surface area contributed by atoms with Crippen LogP contribution in [0.15, 0.2) is 59.5 Å². The lowest BCUT2D eigenvalue weighted by Gasteiger charge is -2.31. The average molecular weight is 440 g/mol. The summed E-state index contributed by atoms with van der Waals surface area (Å²) >= 11 is 0. The molecular formula is C20H25NO6S2. The van der Waals surface area contributed by atoms with Gasteiger partial charge in [0.15, 0.2) is 9.84 Å². The highest BCUT2D eigenvalue weighted by Crippen LogP contribution is 2.27. The normalized spacial score (nSPS) is 16.4. The van der Waals surface area contributed by atoms with Crippen molar-refractivity contribution in [2.24, 2.45) is 0 Å². The topological polar surface area (TPSA) is 90.0 Å². The minimum Gasteiger partial charge on any atom is -0.497 e. The maximum Gasteiger partial charge on any atom is 0.217 e. The van der Waals surface area contributed by atoms with E-state index in [1.807, 2.05) is 18.2 Å². The Bertz CT molecular complexity index is 997. The lowest BCUT2D eigenvalue weighted by molar-refractivity contribution is 0.321. The predicted octanol–water partition coefficient (Wildman–Crippen LogP) is 2.34. The van der Waals surface area contributed by atoms with Gasteiger partial charge in [0.05, 0.1) is 23.0 Å². The number of para-hydroxylation sites is 1. The van der Waals surface area contributed by atoms with E-state index in [4.69, 9.17) is 9.47 Å². The van der Waals surface area contributed by atoms with Gasteiger partial charge in [0.2, 0.25) is 10.0 Å². The molecule has 0 saturated carbocycles. The van der Waals surface area contributed by atoms with Gasteiger partial charge in [-0.1, -0.05) is 18.2 Å². The van der Waals surface area contributed by atoms with Crippen LogP contribution in [-0.4, -0.2) is 58.9 Å². The summed E-state index contributed by atoms with van der Waals surface area (Å²) in [5, 5.41) is -0.595. The largest absolute Gasteiger partial charge is 0.497 e. The molecule has 7 nitrogen and oxygen atoms in total. The molecule has 0 radical (unpaired) electrons. The van der Waals surface area contributed by atoms with Crippen molar-refractivity contribution in [3.63, 3.8) is 0 Å². The van der Waals surface area contributed by atoms with Gasteiger partial charge in [-0.25, -0.2) is 21.1 Å². The second kappa shape index (κ2) is 9.15. The van der Waals surface area contributed by atoms with Crippen molar-refractivity contribution in [3.8, 4) is 11.5 Å². The third-order valence-electron chi connectivity index (χ3n) is 4.97. The number of rotatable bonds is 8. The molecule has 29 heavy (non-hydrogen) atoms. The molecule has 1 fully saturated rings. The van der Waals surface area contributed by atoms with E-state index in [0.29, 0.717) is 11.5 Å². The Balaban J connectivity index is 1.55. The van der Waals surface area contributed by atoms with Gasteiger partial charge in [0, 0.05) is 13.1 Å². The van der Waals surface area contributed by atoms with Gasteiger partial charge >= 0.3 is 0 Å². The molecule has 1 aliphatic heterocycles. The highest BCUT2D eigenvalue weighted by molar-refractivity contribution is 7.92. The summed E-state index contributed by atoms with van der Waals surface area (Å²) in [6.07, 6.45) is 0.542. The zero-order valence-corrected chi connectivity index (χ0v) is 17.9. The maximum atomic E-state index is 12.8. The molecule has 0 aliphatic carbocycles. The molecule has 0 aromatic heterocycles. The monoisotopic (exact) mass is 439 g/mol. The smallest absolute Gasteiger partial charge is 0.217 e. The lowest BCUT2D eigenvalue weighted by Crippen LogP contribution is -2.44. The Labute approximate surface area is 172 Å². The van der Waals surface area contributed by atoms with Crippen molar-refractivity contribution in [1.29, 1.82) is 0 Å². The van der Waals surface area contributed by atoms with Crippen LogP contribution in [0.1, 0.15) is 12.8 Å². The Morgan fingerprint density at radius 3 is 2.10 bits per heavy atom. The molecule has 0 spiro atoms. The molecule has 1 aliphatic rings. The van der Waals surface area contributed by atoms with E-state index in [-0.39, 0.29) is 43.2 Å². The number of hydrogen-bond donors (Lipinski definition) is 0. The van der Waals surface area contributed by atoms with Gasteiger partial charge in [-0.3, -0.25) is 0 Å². The molecule has 2 aromatic rings. The number of piperidine rings is 1. The number of nitrogens with zero attached hydrogens (tertiary/aromatic N) is 1. The summed E-state index contributed by atoms with van der Waals surface area (Å²) in [5.74, 6) is 1.06. The zero-order chi connectivity index (χ0) is 20.9. The molecule has 3 rings (SSSR count). The van der Waals surface area contributed by atoms with E-state index >= 15 is 0 Å². The first-order chi connectivity index (χ1) is 13.8.